The highest BCUT2D eigenvalue weighted by Crippen LogP contribution is 2.21. The molecule has 7 heteroatoms. The van der Waals surface area contributed by atoms with Gasteiger partial charge >= 0.3 is 0 Å². The van der Waals surface area contributed by atoms with Gasteiger partial charge in [0.05, 0.1) is 12.6 Å². The first-order valence-electron chi connectivity index (χ1n) is 9.41. The molecular formula is C19H34IN3O2S. The lowest BCUT2D eigenvalue weighted by Gasteiger charge is -2.34. The summed E-state index contributed by atoms with van der Waals surface area (Å²) in [5.41, 5.74) is 0. The van der Waals surface area contributed by atoms with E-state index in [1.165, 1.54) is 4.88 Å². The maximum absolute atomic E-state index is 5.95. The fourth-order valence-corrected chi connectivity index (χ4v) is 3.78. The minimum Gasteiger partial charge on any atom is -0.385 e. The normalized spacial score (nSPS) is 17.0. The standard InChI is InChI=1S/C19H33N3O2S.HI/c1-4-20-19(21-15-16(2)18-7-5-14-25-18)22-10-8-17(9-11-22)24-13-6-12-23-3;/h5,7,14,16-17H,4,6,8-13,15H2,1-3H3,(H,20,21);1H. The zero-order chi connectivity index (χ0) is 17.9. The number of piperidine rings is 1. The molecular weight excluding hydrogens is 461 g/mol. The monoisotopic (exact) mass is 495 g/mol. The third-order valence-corrected chi connectivity index (χ3v) is 5.57. The number of halogens is 1. The highest BCUT2D eigenvalue weighted by atomic mass is 127. The van der Waals surface area contributed by atoms with Crippen molar-refractivity contribution in [2.24, 2.45) is 4.99 Å². The van der Waals surface area contributed by atoms with Crippen LogP contribution in [0.2, 0.25) is 0 Å². The lowest BCUT2D eigenvalue weighted by atomic mass is 10.1. The molecule has 2 rings (SSSR count). The van der Waals surface area contributed by atoms with Crippen molar-refractivity contribution in [1.29, 1.82) is 0 Å². The molecule has 2 heterocycles. The van der Waals surface area contributed by atoms with Crippen LogP contribution in [0.25, 0.3) is 0 Å². The van der Waals surface area contributed by atoms with Crippen molar-refractivity contribution in [1.82, 2.24) is 10.2 Å². The number of ether oxygens (including phenoxy) is 2. The van der Waals surface area contributed by atoms with Crippen molar-refractivity contribution >= 4 is 41.3 Å². The van der Waals surface area contributed by atoms with E-state index in [2.05, 4.69) is 41.6 Å². The molecule has 26 heavy (non-hydrogen) atoms. The van der Waals surface area contributed by atoms with E-state index in [1.54, 1.807) is 7.11 Å². The number of aliphatic imine (C=N–C) groups is 1. The first kappa shape index (κ1) is 23.7. The first-order chi connectivity index (χ1) is 12.2. The molecule has 0 bridgehead atoms. The van der Waals surface area contributed by atoms with Gasteiger partial charge in [-0.15, -0.1) is 35.3 Å². The van der Waals surface area contributed by atoms with E-state index in [0.29, 0.717) is 12.0 Å². The number of hydrogen-bond acceptors (Lipinski definition) is 4. The van der Waals surface area contributed by atoms with Gasteiger partial charge in [-0.2, -0.15) is 0 Å². The highest BCUT2D eigenvalue weighted by Gasteiger charge is 2.22. The average molecular weight is 495 g/mol. The second-order valence-electron chi connectivity index (χ2n) is 6.51. The van der Waals surface area contributed by atoms with Gasteiger partial charge in [-0.05, 0) is 37.6 Å². The number of guanidine groups is 1. The molecule has 1 aromatic rings. The van der Waals surface area contributed by atoms with Crippen molar-refractivity contribution < 1.29 is 9.47 Å². The summed E-state index contributed by atoms with van der Waals surface area (Å²) in [6, 6.07) is 4.31. The quantitative estimate of drug-likeness (QED) is 0.244. The molecule has 0 aromatic carbocycles. The van der Waals surface area contributed by atoms with Crippen LogP contribution < -0.4 is 5.32 Å². The van der Waals surface area contributed by atoms with E-state index in [-0.39, 0.29) is 24.0 Å². The molecule has 5 nitrogen and oxygen atoms in total. The summed E-state index contributed by atoms with van der Waals surface area (Å²) < 4.78 is 11.0. The summed E-state index contributed by atoms with van der Waals surface area (Å²) in [4.78, 5) is 8.67. The summed E-state index contributed by atoms with van der Waals surface area (Å²) in [6.45, 7) is 9.70. The minimum absolute atomic E-state index is 0. The summed E-state index contributed by atoms with van der Waals surface area (Å²) >= 11 is 1.81. The SMILES string of the molecule is CCNC(=NCC(C)c1cccs1)N1CCC(OCCCOC)CC1.I. The Morgan fingerprint density at radius 1 is 1.38 bits per heavy atom. The molecule has 1 saturated heterocycles. The molecule has 0 saturated carbocycles. The summed E-state index contributed by atoms with van der Waals surface area (Å²) in [6.07, 6.45) is 3.48. The van der Waals surface area contributed by atoms with Crippen LogP contribution in [0, 0.1) is 0 Å². The number of rotatable bonds is 9. The second-order valence-corrected chi connectivity index (χ2v) is 7.49. The Bertz CT molecular complexity index is 491. The van der Waals surface area contributed by atoms with Gasteiger partial charge in [-0.3, -0.25) is 4.99 Å². The van der Waals surface area contributed by atoms with E-state index in [4.69, 9.17) is 14.5 Å². The Kier molecular flexibility index (Phi) is 12.5. The van der Waals surface area contributed by atoms with Crippen LogP contribution in [-0.4, -0.2) is 63.5 Å². The zero-order valence-electron chi connectivity index (χ0n) is 16.3. The van der Waals surface area contributed by atoms with E-state index in [0.717, 1.165) is 64.6 Å². The Labute approximate surface area is 179 Å². The number of hydrogen-bond donors (Lipinski definition) is 1. The molecule has 0 aliphatic carbocycles. The van der Waals surface area contributed by atoms with Gasteiger partial charge in [0.15, 0.2) is 5.96 Å². The Hall–Kier alpha value is -0.380. The second kappa shape index (κ2) is 13.7. The topological polar surface area (TPSA) is 46.1 Å². The van der Waals surface area contributed by atoms with Crippen LogP contribution >= 0.6 is 35.3 Å². The molecule has 150 valence electrons. The lowest BCUT2D eigenvalue weighted by Crippen LogP contribution is -2.47. The lowest BCUT2D eigenvalue weighted by molar-refractivity contribution is 0.00990. The molecule has 0 radical (unpaired) electrons. The fourth-order valence-electron chi connectivity index (χ4n) is 3.00. The third-order valence-electron chi connectivity index (χ3n) is 4.47. The molecule has 1 N–H and O–H groups in total. The van der Waals surface area contributed by atoms with Crippen molar-refractivity contribution in [2.45, 2.75) is 45.1 Å². The molecule has 0 spiro atoms. The molecule has 1 aromatic heterocycles. The molecule has 1 atom stereocenters. The Balaban J connectivity index is 0.00000338. The predicted octanol–water partition coefficient (Wildman–Crippen LogP) is 3.95. The maximum atomic E-state index is 5.95. The van der Waals surface area contributed by atoms with E-state index >= 15 is 0 Å². The first-order valence-corrected chi connectivity index (χ1v) is 10.3. The zero-order valence-corrected chi connectivity index (χ0v) is 19.4. The molecule has 1 unspecified atom stereocenters. The van der Waals surface area contributed by atoms with Crippen molar-refractivity contribution in [3.8, 4) is 0 Å². The number of nitrogens with zero attached hydrogens (tertiary/aromatic N) is 2. The fraction of sp³-hybridized carbons (Fsp3) is 0.737. The number of nitrogens with one attached hydrogen (secondary N) is 1. The number of likely N-dealkylation sites (tertiary alicyclic amines) is 1. The van der Waals surface area contributed by atoms with Gasteiger partial charge in [0, 0.05) is 50.8 Å². The number of methoxy groups -OCH3 is 1. The van der Waals surface area contributed by atoms with Gasteiger partial charge in [0.2, 0.25) is 0 Å². The van der Waals surface area contributed by atoms with E-state index < -0.39 is 0 Å². The van der Waals surface area contributed by atoms with Gasteiger partial charge in [-0.25, -0.2) is 0 Å². The smallest absolute Gasteiger partial charge is 0.193 e. The van der Waals surface area contributed by atoms with Gasteiger partial charge in [0.25, 0.3) is 0 Å². The highest BCUT2D eigenvalue weighted by molar-refractivity contribution is 14.0. The van der Waals surface area contributed by atoms with Crippen LogP contribution in [-0.2, 0) is 9.47 Å². The third kappa shape index (κ3) is 8.10. The Morgan fingerprint density at radius 2 is 2.15 bits per heavy atom. The Morgan fingerprint density at radius 3 is 2.77 bits per heavy atom. The van der Waals surface area contributed by atoms with Crippen LogP contribution in [0.5, 0.6) is 0 Å². The van der Waals surface area contributed by atoms with Crippen molar-refractivity contribution in [3.63, 3.8) is 0 Å². The van der Waals surface area contributed by atoms with Crippen molar-refractivity contribution in [2.75, 3.05) is 46.5 Å². The largest absolute Gasteiger partial charge is 0.385 e. The maximum Gasteiger partial charge on any atom is 0.193 e. The molecule has 0 amide bonds. The van der Waals surface area contributed by atoms with Crippen molar-refractivity contribution in [3.05, 3.63) is 22.4 Å². The summed E-state index contributed by atoms with van der Waals surface area (Å²) in [5.74, 6) is 1.51. The van der Waals surface area contributed by atoms with E-state index in [9.17, 15) is 0 Å². The van der Waals surface area contributed by atoms with Crippen LogP contribution in [0.1, 0.15) is 43.9 Å². The van der Waals surface area contributed by atoms with Crippen LogP contribution in [0.4, 0.5) is 0 Å². The van der Waals surface area contributed by atoms with Gasteiger partial charge in [0.1, 0.15) is 0 Å². The molecule has 1 aliphatic heterocycles. The molecule has 1 fully saturated rings. The minimum atomic E-state index is 0. The summed E-state index contributed by atoms with van der Waals surface area (Å²) in [5, 5.41) is 5.59. The average Bonchev–Trinajstić information content (AvgIpc) is 3.17. The molecule has 1 aliphatic rings. The predicted molar refractivity (Wildman–Crippen MR) is 121 cm³/mol. The van der Waals surface area contributed by atoms with E-state index in [1.807, 2.05) is 11.3 Å². The number of thiophene rings is 1. The van der Waals surface area contributed by atoms with Crippen LogP contribution in [0.3, 0.4) is 0 Å². The van der Waals surface area contributed by atoms with Gasteiger partial charge in [-0.1, -0.05) is 13.0 Å². The van der Waals surface area contributed by atoms with Crippen LogP contribution in [0.15, 0.2) is 22.5 Å². The summed E-state index contributed by atoms with van der Waals surface area (Å²) in [7, 11) is 1.74. The van der Waals surface area contributed by atoms with Gasteiger partial charge < -0.3 is 19.7 Å².